The Kier molecular flexibility index (Phi) is 4.83. The van der Waals surface area contributed by atoms with Gasteiger partial charge in [-0.2, -0.15) is 5.10 Å². The van der Waals surface area contributed by atoms with Crippen LogP contribution in [0.5, 0.6) is 0 Å². The highest BCUT2D eigenvalue weighted by Crippen LogP contribution is 2.52. The fourth-order valence-corrected chi connectivity index (χ4v) is 5.30. The molecule has 0 aromatic heterocycles. The normalized spacial score (nSPS) is 36.1. The fourth-order valence-electron chi connectivity index (χ4n) is 5.16. The number of nitrogens with one attached hydrogen (secondary N) is 2. The summed E-state index contributed by atoms with van der Waals surface area (Å²) in [5.74, 6) is 3.43. The molecule has 2 N–H and O–H groups in total. The number of rotatable bonds is 4. The molecule has 0 radical (unpaired) electrons. The first-order chi connectivity index (χ1) is 11.3. The molecule has 5 aliphatic rings. The fraction of sp³-hybridized carbons (Fsp3) is 0.882. The van der Waals surface area contributed by atoms with Crippen LogP contribution >= 0.6 is 12.2 Å². The molecular weight excluding hydrogens is 308 g/mol. The van der Waals surface area contributed by atoms with Gasteiger partial charge in [0.25, 0.3) is 0 Å². The first-order valence-corrected chi connectivity index (χ1v) is 9.60. The zero-order valence-electron chi connectivity index (χ0n) is 13.8. The molecule has 0 unspecified atom stereocenters. The number of hydrogen-bond donors (Lipinski definition) is 2. The van der Waals surface area contributed by atoms with Crippen molar-refractivity contribution in [2.75, 3.05) is 39.4 Å². The van der Waals surface area contributed by atoms with Crippen LogP contribution in [0.25, 0.3) is 0 Å². The van der Waals surface area contributed by atoms with Crippen molar-refractivity contribution in [2.45, 2.75) is 32.1 Å². The van der Waals surface area contributed by atoms with Gasteiger partial charge in [0, 0.05) is 31.9 Å². The highest BCUT2D eigenvalue weighted by atomic mass is 32.1. The molecule has 4 bridgehead atoms. The van der Waals surface area contributed by atoms with Gasteiger partial charge in [-0.25, -0.2) is 0 Å². The Morgan fingerprint density at radius 2 is 1.74 bits per heavy atom. The van der Waals surface area contributed by atoms with Crippen molar-refractivity contribution in [1.82, 2.24) is 15.6 Å². The third kappa shape index (κ3) is 3.69. The number of morpholine rings is 1. The van der Waals surface area contributed by atoms with Crippen molar-refractivity contribution < 1.29 is 4.74 Å². The van der Waals surface area contributed by atoms with Crippen molar-refractivity contribution in [2.24, 2.45) is 28.8 Å². The number of hydrogen-bond acceptors (Lipinski definition) is 4. The molecule has 5 nitrogen and oxygen atoms in total. The van der Waals surface area contributed by atoms with E-state index in [9.17, 15) is 0 Å². The molecule has 5 rings (SSSR count). The Hall–Kier alpha value is -0.720. The standard InChI is InChI=1S/C17H28N4OS/c23-17(18-1-2-21-3-5-22-6-4-21)20-19-16-14-8-12-7-13(10-14)11-15(16)9-12/h12-15H,1-11H2,(H2,18,20,23). The van der Waals surface area contributed by atoms with Gasteiger partial charge in [0.05, 0.1) is 13.2 Å². The molecule has 0 atom stereocenters. The minimum Gasteiger partial charge on any atom is -0.379 e. The smallest absolute Gasteiger partial charge is 0.186 e. The largest absolute Gasteiger partial charge is 0.379 e. The zero-order chi connectivity index (χ0) is 15.6. The lowest BCUT2D eigenvalue weighted by Crippen LogP contribution is -2.47. The van der Waals surface area contributed by atoms with E-state index in [1.807, 2.05) is 0 Å². The Labute approximate surface area is 144 Å². The molecule has 4 saturated carbocycles. The summed E-state index contributed by atoms with van der Waals surface area (Å²) in [6, 6.07) is 0. The van der Waals surface area contributed by atoms with E-state index >= 15 is 0 Å². The van der Waals surface area contributed by atoms with Crippen molar-refractivity contribution in [3.8, 4) is 0 Å². The molecular formula is C17H28N4OS. The highest BCUT2D eigenvalue weighted by molar-refractivity contribution is 7.80. The van der Waals surface area contributed by atoms with Gasteiger partial charge in [0.2, 0.25) is 0 Å². The molecule has 4 aliphatic carbocycles. The molecule has 23 heavy (non-hydrogen) atoms. The topological polar surface area (TPSA) is 48.9 Å². The van der Waals surface area contributed by atoms with Crippen molar-refractivity contribution in [1.29, 1.82) is 0 Å². The van der Waals surface area contributed by atoms with Gasteiger partial charge in [-0.1, -0.05) is 0 Å². The van der Waals surface area contributed by atoms with Gasteiger partial charge in [-0.3, -0.25) is 10.3 Å². The number of nitrogens with zero attached hydrogens (tertiary/aromatic N) is 2. The van der Waals surface area contributed by atoms with Crippen LogP contribution < -0.4 is 10.7 Å². The van der Waals surface area contributed by atoms with Gasteiger partial charge in [0.15, 0.2) is 5.11 Å². The molecule has 128 valence electrons. The Balaban J connectivity index is 1.21. The van der Waals surface area contributed by atoms with E-state index < -0.39 is 0 Å². The predicted molar refractivity (Wildman–Crippen MR) is 95.5 cm³/mol. The molecule has 1 saturated heterocycles. The van der Waals surface area contributed by atoms with Crippen molar-refractivity contribution in [3.05, 3.63) is 0 Å². The molecule has 1 heterocycles. The first kappa shape index (κ1) is 15.8. The van der Waals surface area contributed by atoms with E-state index in [1.165, 1.54) is 37.8 Å². The van der Waals surface area contributed by atoms with Gasteiger partial charge in [0.1, 0.15) is 0 Å². The van der Waals surface area contributed by atoms with Crippen LogP contribution in [0.2, 0.25) is 0 Å². The summed E-state index contributed by atoms with van der Waals surface area (Å²) in [5.41, 5.74) is 4.53. The maximum absolute atomic E-state index is 5.38. The lowest BCUT2D eigenvalue weighted by atomic mass is 9.55. The minimum atomic E-state index is 0.666. The van der Waals surface area contributed by atoms with Crippen LogP contribution in [0.1, 0.15) is 32.1 Å². The molecule has 0 aromatic rings. The van der Waals surface area contributed by atoms with E-state index in [1.54, 1.807) is 0 Å². The minimum absolute atomic E-state index is 0.666. The monoisotopic (exact) mass is 336 g/mol. The second-order valence-electron chi connectivity index (χ2n) is 7.66. The molecule has 0 amide bonds. The summed E-state index contributed by atoms with van der Waals surface area (Å²) in [5, 5.41) is 8.67. The summed E-state index contributed by atoms with van der Waals surface area (Å²) in [7, 11) is 0. The maximum atomic E-state index is 5.38. The highest BCUT2D eigenvalue weighted by Gasteiger charge is 2.46. The molecule has 0 aromatic carbocycles. The summed E-state index contributed by atoms with van der Waals surface area (Å²) in [6.07, 6.45) is 6.94. The lowest BCUT2D eigenvalue weighted by Gasteiger charge is -2.50. The Bertz CT molecular complexity index is 445. The van der Waals surface area contributed by atoms with Gasteiger partial charge in [-0.05, 0) is 68.0 Å². The van der Waals surface area contributed by atoms with Gasteiger partial charge < -0.3 is 10.1 Å². The summed E-state index contributed by atoms with van der Waals surface area (Å²) in [4.78, 5) is 2.41. The summed E-state index contributed by atoms with van der Waals surface area (Å²) in [6.45, 7) is 5.62. The zero-order valence-corrected chi connectivity index (χ0v) is 14.6. The van der Waals surface area contributed by atoms with E-state index in [0.717, 1.165) is 63.1 Å². The van der Waals surface area contributed by atoms with Crippen molar-refractivity contribution >= 4 is 23.0 Å². The van der Waals surface area contributed by atoms with Crippen LogP contribution in [0.15, 0.2) is 5.10 Å². The summed E-state index contributed by atoms with van der Waals surface area (Å²) >= 11 is 5.38. The predicted octanol–water partition coefficient (Wildman–Crippen LogP) is 1.59. The lowest BCUT2D eigenvalue weighted by molar-refractivity contribution is 0.0389. The van der Waals surface area contributed by atoms with E-state index in [4.69, 9.17) is 22.1 Å². The van der Waals surface area contributed by atoms with Crippen molar-refractivity contribution in [3.63, 3.8) is 0 Å². The van der Waals surface area contributed by atoms with Crippen LogP contribution in [0.4, 0.5) is 0 Å². The molecule has 5 fully saturated rings. The third-order valence-electron chi connectivity index (χ3n) is 6.08. The van der Waals surface area contributed by atoms with E-state index in [2.05, 4.69) is 15.6 Å². The third-order valence-corrected chi connectivity index (χ3v) is 6.31. The number of hydrazone groups is 1. The second kappa shape index (κ2) is 7.03. The average molecular weight is 337 g/mol. The SMILES string of the molecule is S=C(NCCN1CCOCC1)NN=C1C2CC3CC(C2)CC1C3. The van der Waals surface area contributed by atoms with Gasteiger partial charge in [-0.15, -0.1) is 0 Å². The Morgan fingerprint density at radius 1 is 1.09 bits per heavy atom. The van der Waals surface area contributed by atoms with Crippen LogP contribution in [-0.2, 0) is 4.74 Å². The molecule has 6 heteroatoms. The number of ether oxygens (including phenoxy) is 1. The quantitative estimate of drug-likeness (QED) is 0.603. The molecule has 1 aliphatic heterocycles. The molecule has 0 spiro atoms. The Morgan fingerprint density at radius 3 is 2.39 bits per heavy atom. The average Bonchev–Trinajstić information content (AvgIpc) is 2.54. The van der Waals surface area contributed by atoms with Crippen LogP contribution in [0, 0.1) is 23.7 Å². The van der Waals surface area contributed by atoms with Crippen LogP contribution in [-0.4, -0.2) is 55.1 Å². The van der Waals surface area contributed by atoms with Crippen LogP contribution in [0.3, 0.4) is 0 Å². The maximum Gasteiger partial charge on any atom is 0.186 e. The number of thiocarbonyl (C=S) groups is 1. The van der Waals surface area contributed by atoms with E-state index in [-0.39, 0.29) is 0 Å². The van der Waals surface area contributed by atoms with E-state index in [0.29, 0.717) is 5.11 Å². The summed E-state index contributed by atoms with van der Waals surface area (Å²) < 4.78 is 5.36. The first-order valence-electron chi connectivity index (χ1n) is 9.19. The second-order valence-corrected chi connectivity index (χ2v) is 8.07. The van der Waals surface area contributed by atoms with Gasteiger partial charge >= 0.3 is 0 Å².